The van der Waals surface area contributed by atoms with E-state index in [1.54, 1.807) is 0 Å². The van der Waals surface area contributed by atoms with Gasteiger partial charge in [-0.3, -0.25) is 0 Å². The van der Waals surface area contributed by atoms with Gasteiger partial charge in [0.05, 0.1) is 13.2 Å². The average molecular weight is 301 g/mol. The molecule has 3 heterocycles. The van der Waals surface area contributed by atoms with Gasteiger partial charge < -0.3 is 30.5 Å². The lowest BCUT2D eigenvalue weighted by Gasteiger charge is -2.25. The topological polar surface area (TPSA) is 51.8 Å². The third kappa shape index (κ3) is 11.0. The monoisotopic (exact) mass is 301 g/mol. The van der Waals surface area contributed by atoms with Crippen molar-refractivity contribution < 1.29 is 4.74 Å². The summed E-state index contributed by atoms with van der Waals surface area (Å²) in [6.07, 6.45) is 0. The number of piperazine rings is 2. The van der Waals surface area contributed by atoms with E-state index < -0.39 is 0 Å². The summed E-state index contributed by atoms with van der Waals surface area (Å²) in [5.74, 6) is 0. The molecule has 0 unspecified atom stereocenters. The van der Waals surface area contributed by atoms with Crippen LogP contribution in [-0.4, -0.2) is 102 Å². The Morgan fingerprint density at radius 3 is 1.48 bits per heavy atom. The van der Waals surface area contributed by atoms with Crippen LogP contribution in [0, 0.1) is 0 Å². The maximum absolute atomic E-state index is 5.01. The third-order valence-electron chi connectivity index (χ3n) is 3.84. The molecule has 0 aliphatic carbocycles. The number of nitrogens with one attached hydrogen (secondary N) is 3. The van der Waals surface area contributed by atoms with E-state index in [0.29, 0.717) is 0 Å². The van der Waals surface area contributed by atoms with Gasteiger partial charge in [-0.1, -0.05) is 6.92 Å². The van der Waals surface area contributed by atoms with Gasteiger partial charge in [-0.15, -0.1) is 0 Å². The zero-order chi connectivity index (χ0) is 15.2. The van der Waals surface area contributed by atoms with Crippen molar-refractivity contribution in [3.8, 4) is 0 Å². The van der Waals surface area contributed by atoms with Gasteiger partial charge in [0.25, 0.3) is 0 Å². The molecule has 3 aliphatic heterocycles. The Kier molecular flexibility index (Phi) is 12.0. The van der Waals surface area contributed by atoms with Gasteiger partial charge in [0.15, 0.2) is 0 Å². The first-order valence-corrected chi connectivity index (χ1v) is 8.43. The van der Waals surface area contributed by atoms with Crippen molar-refractivity contribution in [2.75, 3.05) is 92.3 Å². The summed E-state index contributed by atoms with van der Waals surface area (Å²) < 4.78 is 5.01. The summed E-state index contributed by atoms with van der Waals surface area (Å²) >= 11 is 0. The van der Waals surface area contributed by atoms with Crippen molar-refractivity contribution in [2.45, 2.75) is 6.92 Å². The number of hydrogen-bond acceptors (Lipinski definition) is 6. The van der Waals surface area contributed by atoms with Crippen molar-refractivity contribution in [1.29, 1.82) is 0 Å². The van der Waals surface area contributed by atoms with Gasteiger partial charge in [-0.25, -0.2) is 0 Å². The van der Waals surface area contributed by atoms with E-state index >= 15 is 0 Å². The molecule has 0 amide bonds. The lowest BCUT2D eigenvalue weighted by atomic mass is 10.4. The normalized spacial score (nSPS) is 24.3. The highest BCUT2D eigenvalue weighted by Crippen LogP contribution is 1.88. The Morgan fingerprint density at radius 1 is 0.762 bits per heavy atom. The van der Waals surface area contributed by atoms with Gasteiger partial charge >= 0.3 is 0 Å². The van der Waals surface area contributed by atoms with Gasteiger partial charge in [0, 0.05) is 65.4 Å². The third-order valence-corrected chi connectivity index (χ3v) is 3.84. The van der Waals surface area contributed by atoms with Crippen LogP contribution in [0.1, 0.15) is 6.92 Å². The van der Waals surface area contributed by atoms with Crippen molar-refractivity contribution in [3.05, 3.63) is 0 Å². The molecule has 3 saturated heterocycles. The lowest BCUT2D eigenvalue weighted by Crippen LogP contribution is -2.43. The Morgan fingerprint density at radius 2 is 1.24 bits per heavy atom. The number of likely N-dealkylation sites (N-methyl/N-ethyl adjacent to an activating group) is 2. The van der Waals surface area contributed by atoms with Crippen LogP contribution in [0.5, 0.6) is 0 Å². The second-order valence-electron chi connectivity index (χ2n) is 5.60. The van der Waals surface area contributed by atoms with Crippen LogP contribution in [0.2, 0.25) is 0 Å². The van der Waals surface area contributed by atoms with Crippen LogP contribution in [0.25, 0.3) is 0 Å². The molecule has 3 fully saturated rings. The molecule has 6 heteroatoms. The lowest BCUT2D eigenvalue weighted by molar-refractivity contribution is 0.109. The van der Waals surface area contributed by atoms with Gasteiger partial charge in [0.2, 0.25) is 0 Å². The van der Waals surface area contributed by atoms with E-state index in [0.717, 1.165) is 39.4 Å². The van der Waals surface area contributed by atoms with Crippen molar-refractivity contribution in [3.63, 3.8) is 0 Å². The number of morpholine rings is 1. The molecule has 0 aromatic carbocycles. The van der Waals surface area contributed by atoms with E-state index in [2.05, 4.69) is 39.7 Å². The first kappa shape index (κ1) is 18.8. The number of nitrogens with zero attached hydrogens (tertiary/aromatic N) is 2. The molecule has 21 heavy (non-hydrogen) atoms. The summed E-state index contributed by atoms with van der Waals surface area (Å²) in [6, 6.07) is 0. The molecule has 0 spiro atoms. The zero-order valence-electron chi connectivity index (χ0n) is 14.0. The highest BCUT2D eigenvalue weighted by Gasteiger charge is 2.04. The highest BCUT2D eigenvalue weighted by molar-refractivity contribution is 4.65. The molecular formula is C15H35N5O. The zero-order valence-corrected chi connectivity index (χ0v) is 14.0. The number of rotatable bonds is 1. The standard InChI is InChI=1S/C6H14N2.C5H12N2.C4H9NO/c1-2-8-5-3-7-4-6-8;1-7-4-2-6-3-5-7;1-3-6-4-2-5-1/h7H,2-6H2,1H3;6H,2-5H2,1H3;5H,1-4H2. The van der Waals surface area contributed by atoms with Gasteiger partial charge in [-0.05, 0) is 13.6 Å². The SMILES string of the molecule is C1COCCN1.CCN1CCNCC1.CN1CCNCC1. The Balaban J connectivity index is 0.000000159. The van der Waals surface area contributed by atoms with Crippen molar-refractivity contribution in [2.24, 2.45) is 0 Å². The summed E-state index contributed by atoms with van der Waals surface area (Å²) in [7, 11) is 2.15. The van der Waals surface area contributed by atoms with Crippen LogP contribution in [-0.2, 0) is 4.74 Å². The second kappa shape index (κ2) is 13.4. The molecule has 3 aliphatic rings. The largest absolute Gasteiger partial charge is 0.379 e. The van der Waals surface area contributed by atoms with E-state index in [9.17, 15) is 0 Å². The van der Waals surface area contributed by atoms with Crippen molar-refractivity contribution in [1.82, 2.24) is 25.8 Å². The minimum absolute atomic E-state index is 0.889. The minimum atomic E-state index is 0.889. The molecule has 6 nitrogen and oxygen atoms in total. The Labute approximate surface area is 130 Å². The second-order valence-corrected chi connectivity index (χ2v) is 5.60. The van der Waals surface area contributed by atoms with Crippen LogP contribution in [0.15, 0.2) is 0 Å². The summed E-state index contributed by atoms with van der Waals surface area (Å²) in [4.78, 5) is 4.78. The molecule has 0 aromatic heterocycles. The Bertz CT molecular complexity index is 203. The van der Waals surface area contributed by atoms with E-state index in [-0.39, 0.29) is 0 Å². The molecule has 0 radical (unpaired) electrons. The van der Waals surface area contributed by atoms with Gasteiger partial charge in [-0.2, -0.15) is 0 Å². The molecule has 0 bridgehead atoms. The van der Waals surface area contributed by atoms with E-state index in [4.69, 9.17) is 4.74 Å². The maximum Gasteiger partial charge on any atom is 0.0591 e. The Hall–Kier alpha value is -0.240. The highest BCUT2D eigenvalue weighted by atomic mass is 16.5. The molecule has 3 rings (SSSR count). The fraction of sp³-hybridized carbons (Fsp3) is 1.00. The van der Waals surface area contributed by atoms with E-state index in [1.165, 1.54) is 45.8 Å². The predicted molar refractivity (Wildman–Crippen MR) is 89.0 cm³/mol. The molecule has 0 atom stereocenters. The summed E-state index contributed by atoms with van der Waals surface area (Å²) in [6.45, 7) is 16.8. The number of hydrogen-bond donors (Lipinski definition) is 3. The van der Waals surface area contributed by atoms with Crippen LogP contribution in [0.4, 0.5) is 0 Å². The van der Waals surface area contributed by atoms with Gasteiger partial charge in [0.1, 0.15) is 0 Å². The average Bonchev–Trinajstić information content (AvgIpc) is 2.59. The summed E-state index contributed by atoms with van der Waals surface area (Å²) in [5, 5.41) is 9.74. The van der Waals surface area contributed by atoms with Crippen LogP contribution < -0.4 is 16.0 Å². The van der Waals surface area contributed by atoms with Crippen LogP contribution >= 0.6 is 0 Å². The fourth-order valence-electron chi connectivity index (χ4n) is 2.32. The molecule has 0 saturated carbocycles. The number of ether oxygens (including phenoxy) is 1. The molecule has 0 aromatic rings. The predicted octanol–water partition coefficient (Wildman–Crippen LogP) is -0.961. The van der Waals surface area contributed by atoms with Crippen molar-refractivity contribution >= 4 is 0 Å². The van der Waals surface area contributed by atoms with E-state index in [1.807, 2.05) is 0 Å². The minimum Gasteiger partial charge on any atom is -0.379 e. The smallest absolute Gasteiger partial charge is 0.0591 e. The molecule has 126 valence electrons. The fourth-order valence-corrected chi connectivity index (χ4v) is 2.32. The first-order chi connectivity index (χ1) is 10.3. The maximum atomic E-state index is 5.01. The quantitative estimate of drug-likeness (QED) is 0.580. The van der Waals surface area contributed by atoms with Crippen LogP contribution in [0.3, 0.4) is 0 Å². The summed E-state index contributed by atoms with van der Waals surface area (Å²) in [5.41, 5.74) is 0. The first-order valence-electron chi connectivity index (χ1n) is 8.43. The molecule has 3 N–H and O–H groups in total. The molecular weight excluding hydrogens is 266 g/mol.